The molecular formula is C14H16O3. The fraction of sp³-hybridized carbons (Fsp3) is 0.429. The Kier molecular flexibility index (Phi) is 3.01. The van der Waals surface area contributed by atoms with Crippen molar-refractivity contribution in [2.45, 2.75) is 25.2 Å². The van der Waals surface area contributed by atoms with Crippen LogP contribution >= 0.6 is 0 Å². The molecule has 0 saturated heterocycles. The summed E-state index contributed by atoms with van der Waals surface area (Å²) in [6.07, 6.45) is 1.66. The fourth-order valence-electron chi connectivity index (χ4n) is 2.26. The molecule has 0 aliphatic heterocycles. The molecule has 0 N–H and O–H groups in total. The van der Waals surface area contributed by atoms with Crippen molar-refractivity contribution >= 4 is 11.8 Å². The topological polar surface area (TPSA) is 43.4 Å². The molecular weight excluding hydrogens is 216 g/mol. The summed E-state index contributed by atoms with van der Waals surface area (Å²) in [6, 6.07) is 9.68. The van der Waals surface area contributed by atoms with Crippen molar-refractivity contribution in [1.82, 2.24) is 0 Å². The monoisotopic (exact) mass is 232 g/mol. The zero-order valence-corrected chi connectivity index (χ0v) is 10.1. The van der Waals surface area contributed by atoms with E-state index in [4.69, 9.17) is 0 Å². The summed E-state index contributed by atoms with van der Waals surface area (Å²) in [7, 11) is 1.31. The predicted molar refractivity (Wildman–Crippen MR) is 63.5 cm³/mol. The van der Waals surface area contributed by atoms with Crippen LogP contribution in [0.5, 0.6) is 0 Å². The second-order valence-corrected chi connectivity index (χ2v) is 4.56. The van der Waals surface area contributed by atoms with Gasteiger partial charge in [-0.2, -0.15) is 0 Å². The van der Waals surface area contributed by atoms with Crippen LogP contribution in [0.2, 0.25) is 0 Å². The Hall–Kier alpha value is -1.64. The lowest BCUT2D eigenvalue weighted by Crippen LogP contribution is -2.32. The molecule has 1 saturated carbocycles. The predicted octanol–water partition coefficient (Wildman–Crippen LogP) is 2.10. The summed E-state index contributed by atoms with van der Waals surface area (Å²) >= 11 is 0. The second-order valence-electron chi connectivity index (χ2n) is 4.56. The average molecular weight is 232 g/mol. The Morgan fingerprint density at radius 1 is 1.24 bits per heavy atom. The van der Waals surface area contributed by atoms with Crippen molar-refractivity contribution in [3.05, 3.63) is 35.9 Å². The van der Waals surface area contributed by atoms with Crippen LogP contribution in [-0.4, -0.2) is 18.9 Å². The first-order valence-electron chi connectivity index (χ1n) is 5.79. The minimum atomic E-state index is -0.678. The lowest BCUT2D eigenvalue weighted by Gasteiger charge is -2.17. The molecule has 3 heteroatoms. The van der Waals surface area contributed by atoms with E-state index in [1.54, 1.807) is 6.92 Å². The third-order valence-corrected chi connectivity index (χ3v) is 3.50. The highest BCUT2D eigenvalue weighted by molar-refractivity contribution is 6.05. The van der Waals surface area contributed by atoms with E-state index in [0.29, 0.717) is 0 Å². The van der Waals surface area contributed by atoms with Gasteiger partial charge in [-0.25, -0.2) is 0 Å². The van der Waals surface area contributed by atoms with Gasteiger partial charge in [-0.15, -0.1) is 0 Å². The Bertz CT molecular complexity index is 432. The molecule has 0 radical (unpaired) electrons. The third kappa shape index (κ3) is 1.97. The van der Waals surface area contributed by atoms with Gasteiger partial charge >= 0.3 is 5.97 Å². The first-order valence-corrected chi connectivity index (χ1v) is 5.79. The first kappa shape index (κ1) is 11.8. The maximum atomic E-state index is 12.3. The molecule has 90 valence electrons. The first-order chi connectivity index (χ1) is 8.12. The van der Waals surface area contributed by atoms with E-state index < -0.39 is 17.3 Å². The Labute approximate surface area is 101 Å². The summed E-state index contributed by atoms with van der Waals surface area (Å²) in [5.74, 6) is -1.14. The van der Waals surface area contributed by atoms with Gasteiger partial charge in [0.2, 0.25) is 0 Å². The molecule has 0 aromatic heterocycles. The van der Waals surface area contributed by atoms with Crippen molar-refractivity contribution in [2.75, 3.05) is 7.11 Å². The van der Waals surface area contributed by atoms with Crippen LogP contribution in [0.4, 0.5) is 0 Å². The number of esters is 1. The Morgan fingerprint density at radius 3 is 2.29 bits per heavy atom. The lowest BCUT2D eigenvalue weighted by atomic mass is 9.85. The zero-order valence-electron chi connectivity index (χ0n) is 10.1. The smallest absolute Gasteiger partial charge is 0.315 e. The van der Waals surface area contributed by atoms with E-state index in [-0.39, 0.29) is 5.78 Å². The van der Waals surface area contributed by atoms with Gasteiger partial charge in [-0.05, 0) is 25.3 Å². The van der Waals surface area contributed by atoms with E-state index in [0.717, 1.165) is 18.4 Å². The largest absolute Gasteiger partial charge is 0.468 e. The van der Waals surface area contributed by atoms with Crippen LogP contribution in [0.15, 0.2) is 30.3 Å². The van der Waals surface area contributed by atoms with E-state index in [2.05, 4.69) is 4.74 Å². The van der Waals surface area contributed by atoms with Gasteiger partial charge < -0.3 is 4.74 Å². The van der Waals surface area contributed by atoms with Crippen molar-refractivity contribution in [2.24, 2.45) is 5.92 Å². The molecule has 17 heavy (non-hydrogen) atoms. The molecule has 1 aliphatic carbocycles. The van der Waals surface area contributed by atoms with Crippen LogP contribution in [0, 0.1) is 5.92 Å². The number of benzene rings is 1. The molecule has 0 amide bonds. The molecule has 1 fully saturated rings. The number of ketones is 1. The van der Waals surface area contributed by atoms with Gasteiger partial charge in [-0.1, -0.05) is 30.3 Å². The van der Waals surface area contributed by atoms with Crippen molar-refractivity contribution in [3.8, 4) is 0 Å². The number of carbonyl (C=O) groups is 2. The number of hydrogen-bond acceptors (Lipinski definition) is 3. The number of carbonyl (C=O) groups excluding carboxylic acids is 2. The SMILES string of the molecule is COC(=O)C(C)C(=O)C1(c2ccccc2)CC1. The Morgan fingerprint density at radius 2 is 1.82 bits per heavy atom. The van der Waals surface area contributed by atoms with E-state index in [1.807, 2.05) is 30.3 Å². The maximum absolute atomic E-state index is 12.3. The second kappa shape index (κ2) is 4.32. The molecule has 0 spiro atoms. The number of Topliss-reactive ketones (excluding diaryl/α,β-unsaturated/α-hetero) is 1. The van der Waals surface area contributed by atoms with Crippen LogP contribution < -0.4 is 0 Å². The molecule has 1 aromatic carbocycles. The highest BCUT2D eigenvalue weighted by Crippen LogP contribution is 2.50. The van der Waals surface area contributed by atoms with E-state index in [1.165, 1.54) is 7.11 Å². The lowest BCUT2D eigenvalue weighted by molar-refractivity contribution is -0.149. The fourth-order valence-corrected chi connectivity index (χ4v) is 2.26. The molecule has 1 unspecified atom stereocenters. The van der Waals surface area contributed by atoms with Gasteiger partial charge in [0.05, 0.1) is 12.5 Å². The number of rotatable bonds is 4. The summed E-state index contributed by atoms with van der Waals surface area (Å²) in [4.78, 5) is 23.7. The van der Waals surface area contributed by atoms with E-state index in [9.17, 15) is 9.59 Å². The summed E-state index contributed by atoms with van der Waals surface area (Å²) < 4.78 is 4.63. The van der Waals surface area contributed by atoms with Gasteiger partial charge in [0.25, 0.3) is 0 Å². The van der Waals surface area contributed by atoms with Crippen LogP contribution in [0.3, 0.4) is 0 Å². The van der Waals surface area contributed by atoms with Crippen LogP contribution in [0.1, 0.15) is 25.3 Å². The average Bonchev–Trinajstić information content (AvgIpc) is 3.18. The summed E-state index contributed by atoms with van der Waals surface area (Å²) in [5, 5.41) is 0. The van der Waals surface area contributed by atoms with Crippen LogP contribution in [-0.2, 0) is 19.7 Å². The Balaban J connectivity index is 2.23. The van der Waals surface area contributed by atoms with Gasteiger partial charge in [-0.3, -0.25) is 9.59 Å². The third-order valence-electron chi connectivity index (χ3n) is 3.50. The normalized spacial score (nSPS) is 18.2. The zero-order chi connectivity index (χ0) is 12.5. The molecule has 1 atom stereocenters. The van der Waals surface area contributed by atoms with Crippen molar-refractivity contribution in [3.63, 3.8) is 0 Å². The minimum absolute atomic E-state index is 0.0180. The molecule has 1 aliphatic rings. The summed E-state index contributed by atoms with van der Waals surface area (Å²) in [5.41, 5.74) is 0.579. The summed E-state index contributed by atoms with van der Waals surface area (Å²) in [6.45, 7) is 1.62. The van der Waals surface area contributed by atoms with Crippen molar-refractivity contribution in [1.29, 1.82) is 0 Å². The highest BCUT2D eigenvalue weighted by Gasteiger charge is 2.53. The molecule has 3 nitrogen and oxygen atoms in total. The molecule has 0 heterocycles. The number of methoxy groups -OCH3 is 1. The highest BCUT2D eigenvalue weighted by atomic mass is 16.5. The van der Waals surface area contributed by atoms with Gasteiger partial charge in [0.1, 0.15) is 5.92 Å². The van der Waals surface area contributed by atoms with E-state index >= 15 is 0 Å². The minimum Gasteiger partial charge on any atom is -0.468 e. The molecule has 1 aromatic rings. The number of hydrogen-bond donors (Lipinski definition) is 0. The molecule has 2 rings (SSSR count). The van der Waals surface area contributed by atoms with Gasteiger partial charge in [0, 0.05) is 0 Å². The van der Waals surface area contributed by atoms with Crippen molar-refractivity contribution < 1.29 is 14.3 Å². The molecule has 0 bridgehead atoms. The quantitative estimate of drug-likeness (QED) is 0.589. The standard InChI is InChI=1S/C14H16O3/c1-10(13(16)17-2)12(15)14(8-9-14)11-6-4-3-5-7-11/h3-7,10H,8-9H2,1-2H3. The maximum Gasteiger partial charge on any atom is 0.315 e. The number of ether oxygens (including phenoxy) is 1. The van der Waals surface area contributed by atoms with Crippen LogP contribution in [0.25, 0.3) is 0 Å². The van der Waals surface area contributed by atoms with Gasteiger partial charge in [0.15, 0.2) is 5.78 Å².